The molecule has 1 fully saturated rings. The number of ether oxygens (including phenoxy) is 1. The number of rotatable bonds is 6. The van der Waals surface area contributed by atoms with Crippen molar-refractivity contribution in [2.75, 3.05) is 39.9 Å². The van der Waals surface area contributed by atoms with Gasteiger partial charge < -0.3 is 19.9 Å². The first-order chi connectivity index (χ1) is 12.5. The number of aromatic amines is 1. The van der Waals surface area contributed by atoms with E-state index in [1.54, 1.807) is 4.90 Å². The number of benzene rings is 1. The third-order valence-corrected chi connectivity index (χ3v) is 5.16. The molecule has 1 saturated heterocycles. The molecular formula is C20H30N4O2. The molecule has 0 bridgehead atoms. The van der Waals surface area contributed by atoms with Crippen molar-refractivity contribution in [1.29, 1.82) is 0 Å². The molecule has 2 N–H and O–H groups in total. The lowest BCUT2D eigenvalue weighted by Gasteiger charge is -2.28. The van der Waals surface area contributed by atoms with Crippen LogP contribution in [0.2, 0.25) is 0 Å². The highest BCUT2D eigenvalue weighted by Crippen LogP contribution is 2.22. The minimum absolute atomic E-state index is 0.0301. The van der Waals surface area contributed by atoms with E-state index in [1.165, 1.54) is 10.9 Å². The van der Waals surface area contributed by atoms with Gasteiger partial charge in [0.05, 0.1) is 19.8 Å². The van der Waals surface area contributed by atoms with Crippen LogP contribution in [0.1, 0.15) is 24.6 Å². The van der Waals surface area contributed by atoms with Crippen LogP contribution in [0.25, 0.3) is 10.9 Å². The Labute approximate surface area is 155 Å². The summed E-state index contributed by atoms with van der Waals surface area (Å²) in [7, 11) is 1.84. The Balaban J connectivity index is 1.49. The highest BCUT2D eigenvalue weighted by Gasteiger charge is 2.17. The van der Waals surface area contributed by atoms with E-state index < -0.39 is 0 Å². The summed E-state index contributed by atoms with van der Waals surface area (Å²) in [4.78, 5) is 20.1. The minimum Gasteiger partial charge on any atom is -0.379 e. The predicted octanol–water partition coefficient (Wildman–Crippen LogP) is 2.73. The Morgan fingerprint density at radius 2 is 2.08 bits per heavy atom. The first kappa shape index (κ1) is 18.7. The maximum atomic E-state index is 12.5. The zero-order valence-electron chi connectivity index (χ0n) is 16.0. The fourth-order valence-electron chi connectivity index (χ4n) is 3.40. The number of para-hydroxylation sites is 1. The van der Waals surface area contributed by atoms with Crippen LogP contribution in [0.15, 0.2) is 24.3 Å². The zero-order chi connectivity index (χ0) is 18.5. The summed E-state index contributed by atoms with van der Waals surface area (Å²) >= 11 is 0. The molecule has 1 aromatic heterocycles. The molecular weight excluding hydrogens is 328 g/mol. The molecule has 142 valence electrons. The van der Waals surface area contributed by atoms with E-state index in [1.807, 2.05) is 19.2 Å². The number of carbonyl (C=O) groups is 1. The van der Waals surface area contributed by atoms with E-state index in [4.69, 9.17) is 4.74 Å². The zero-order valence-corrected chi connectivity index (χ0v) is 16.0. The number of nitrogens with zero attached hydrogens (tertiary/aromatic N) is 2. The highest BCUT2D eigenvalue weighted by molar-refractivity contribution is 5.84. The summed E-state index contributed by atoms with van der Waals surface area (Å²) in [5, 5.41) is 4.33. The fraction of sp³-hybridized carbons (Fsp3) is 0.550. The number of H-pyrrole nitrogens is 1. The normalized spacial score (nSPS) is 16.6. The molecule has 0 spiro atoms. The molecule has 2 aromatic rings. The molecule has 3 rings (SSSR count). The second-order valence-corrected chi connectivity index (χ2v) is 7.22. The van der Waals surface area contributed by atoms with Crippen molar-refractivity contribution in [3.05, 3.63) is 35.5 Å². The molecule has 6 heteroatoms. The number of carbonyl (C=O) groups excluding carboxylic acids is 1. The van der Waals surface area contributed by atoms with Gasteiger partial charge in [-0.25, -0.2) is 4.79 Å². The van der Waals surface area contributed by atoms with Gasteiger partial charge in [0, 0.05) is 49.3 Å². The smallest absolute Gasteiger partial charge is 0.317 e. The number of aryl methyl sites for hydroxylation is 1. The number of hydrogen-bond acceptors (Lipinski definition) is 3. The molecule has 1 aromatic carbocycles. The van der Waals surface area contributed by atoms with Crippen molar-refractivity contribution >= 4 is 16.9 Å². The summed E-state index contributed by atoms with van der Waals surface area (Å²) in [6.45, 7) is 9.34. The van der Waals surface area contributed by atoms with Crippen LogP contribution in [-0.4, -0.2) is 66.8 Å². The van der Waals surface area contributed by atoms with Gasteiger partial charge in [-0.05, 0) is 31.9 Å². The number of urea groups is 1. The molecule has 0 radical (unpaired) electrons. The lowest BCUT2D eigenvalue weighted by molar-refractivity contribution is 0.0364. The number of amides is 2. The summed E-state index contributed by atoms with van der Waals surface area (Å²) in [6.07, 6.45) is 0.949. The Kier molecular flexibility index (Phi) is 6.16. The van der Waals surface area contributed by atoms with Gasteiger partial charge in [-0.2, -0.15) is 0 Å². The Hall–Kier alpha value is -2.05. The maximum absolute atomic E-state index is 12.5. The van der Waals surface area contributed by atoms with Crippen LogP contribution < -0.4 is 5.32 Å². The van der Waals surface area contributed by atoms with Gasteiger partial charge in [0.2, 0.25) is 0 Å². The van der Waals surface area contributed by atoms with Crippen LogP contribution >= 0.6 is 0 Å². The lowest BCUT2D eigenvalue weighted by Crippen LogP contribution is -2.44. The Morgan fingerprint density at radius 1 is 1.35 bits per heavy atom. The Bertz CT molecular complexity index is 736. The van der Waals surface area contributed by atoms with Gasteiger partial charge in [-0.1, -0.05) is 18.2 Å². The first-order valence-corrected chi connectivity index (χ1v) is 9.42. The molecule has 6 nitrogen and oxygen atoms in total. The minimum atomic E-state index is -0.0301. The lowest BCUT2D eigenvalue weighted by atomic mass is 10.1. The van der Waals surface area contributed by atoms with E-state index in [0.717, 1.165) is 50.5 Å². The summed E-state index contributed by atoms with van der Waals surface area (Å²) in [5.74, 6) is 0. The Morgan fingerprint density at radius 3 is 2.81 bits per heavy atom. The van der Waals surface area contributed by atoms with Crippen LogP contribution in [-0.2, 0) is 11.3 Å². The van der Waals surface area contributed by atoms with Gasteiger partial charge in [0.1, 0.15) is 0 Å². The van der Waals surface area contributed by atoms with Crippen LogP contribution in [0.4, 0.5) is 4.79 Å². The topological polar surface area (TPSA) is 60.6 Å². The second kappa shape index (κ2) is 8.56. The van der Waals surface area contributed by atoms with Crippen molar-refractivity contribution in [2.45, 2.75) is 32.9 Å². The third-order valence-electron chi connectivity index (χ3n) is 5.16. The molecule has 1 aliphatic rings. The number of aromatic nitrogens is 1. The number of hydrogen-bond donors (Lipinski definition) is 2. The van der Waals surface area contributed by atoms with Gasteiger partial charge in [-0.15, -0.1) is 0 Å². The molecule has 0 saturated carbocycles. The average molecular weight is 358 g/mol. The van der Waals surface area contributed by atoms with Crippen LogP contribution in [0.3, 0.4) is 0 Å². The van der Waals surface area contributed by atoms with Gasteiger partial charge >= 0.3 is 6.03 Å². The van der Waals surface area contributed by atoms with Gasteiger partial charge in [0.15, 0.2) is 0 Å². The number of fused-ring (bicyclic) bond motifs is 1. The van der Waals surface area contributed by atoms with Crippen molar-refractivity contribution in [3.8, 4) is 0 Å². The molecule has 1 atom stereocenters. The number of nitrogens with one attached hydrogen (secondary N) is 2. The second-order valence-electron chi connectivity index (χ2n) is 7.22. The van der Waals surface area contributed by atoms with Gasteiger partial charge in [-0.3, -0.25) is 4.90 Å². The molecule has 1 unspecified atom stereocenters. The molecule has 1 aliphatic heterocycles. The maximum Gasteiger partial charge on any atom is 0.317 e. The van der Waals surface area contributed by atoms with Crippen molar-refractivity contribution in [3.63, 3.8) is 0 Å². The molecule has 26 heavy (non-hydrogen) atoms. The highest BCUT2D eigenvalue weighted by atomic mass is 16.5. The van der Waals surface area contributed by atoms with Crippen molar-refractivity contribution in [1.82, 2.24) is 20.1 Å². The van der Waals surface area contributed by atoms with Crippen LogP contribution in [0.5, 0.6) is 0 Å². The van der Waals surface area contributed by atoms with Crippen molar-refractivity contribution < 1.29 is 9.53 Å². The van der Waals surface area contributed by atoms with E-state index >= 15 is 0 Å². The van der Waals surface area contributed by atoms with Gasteiger partial charge in [0.25, 0.3) is 0 Å². The van der Waals surface area contributed by atoms with Crippen molar-refractivity contribution in [2.24, 2.45) is 0 Å². The standard InChI is InChI=1S/C20H30N4O2/c1-15(8-9-24-10-12-26-13-11-24)21-20(25)23(3)14-19-16(2)17-6-4-5-7-18(17)22-19/h4-7,15,22H,8-14H2,1-3H3,(H,21,25). The van der Waals surface area contributed by atoms with Crippen LogP contribution in [0, 0.1) is 6.92 Å². The summed E-state index contributed by atoms with van der Waals surface area (Å²) in [6, 6.07) is 8.36. The predicted molar refractivity (Wildman–Crippen MR) is 104 cm³/mol. The molecule has 2 amide bonds. The average Bonchev–Trinajstić information content (AvgIpc) is 2.97. The van der Waals surface area contributed by atoms with E-state index in [9.17, 15) is 4.79 Å². The summed E-state index contributed by atoms with van der Waals surface area (Å²) in [5.41, 5.74) is 3.41. The fourth-order valence-corrected chi connectivity index (χ4v) is 3.40. The first-order valence-electron chi connectivity index (χ1n) is 9.42. The quantitative estimate of drug-likeness (QED) is 0.835. The third kappa shape index (κ3) is 4.56. The van der Waals surface area contributed by atoms with E-state index in [-0.39, 0.29) is 12.1 Å². The number of morpholine rings is 1. The van der Waals surface area contributed by atoms with E-state index in [2.05, 4.69) is 41.2 Å². The van der Waals surface area contributed by atoms with E-state index in [0.29, 0.717) is 6.54 Å². The summed E-state index contributed by atoms with van der Waals surface area (Å²) < 4.78 is 5.37. The largest absolute Gasteiger partial charge is 0.379 e. The molecule has 0 aliphatic carbocycles. The monoisotopic (exact) mass is 358 g/mol. The molecule has 2 heterocycles. The SMILES string of the molecule is Cc1c(CN(C)C(=O)NC(C)CCN2CCOCC2)[nH]c2ccccc12.